The highest BCUT2D eigenvalue weighted by atomic mass is 35.5. The molecule has 0 aromatic heterocycles. The van der Waals surface area contributed by atoms with Crippen LogP contribution < -0.4 is 0 Å². The Hall–Kier alpha value is 1.19. The van der Waals surface area contributed by atoms with Gasteiger partial charge in [0.2, 0.25) is 0 Å². The van der Waals surface area contributed by atoms with Gasteiger partial charge in [0.1, 0.15) is 0 Å². The second-order valence-electron chi connectivity index (χ2n) is 1.90. The van der Waals surface area contributed by atoms with E-state index >= 15 is 0 Å². The Morgan fingerprint density at radius 2 is 1.67 bits per heavy atom. The lowest BCUT2D eigenvalue weighted by molar-refractivity contribution is -0.128. The van der Waals surface area contributed by atoms with Crippen LogP contribution in [0.1, 0.15) is 6.92 Å². The van der Waals surface area contributed by atoms with Gasteiger partial charge in [-0.05, 0) is 6.92 Å². The Kier molecular flexibility index (Phi) is 8.47. The van der Waals surface area contributed by atoms with Gasteiger partial charge in [-0.1, -0.05) is 7.89 Å². The van der Waals surface area contributed by atoms with E-state index in [9.17, 15) is 0 Å². The molecule has 54 valence electrons. The summed E-state index contributed by atoms with van der Waals surface area (Å²) in [7, 11) is 4.66. The fourth-order valence-corrected chi connectivity index (χ4v) is 2.68. The number of halogens is 1. The third kappa shape index (κ3) is 4.58. The van der Waals surface area contributed by atoms with Gasteiger partial charge in [-0.2, -0.15) is 0 Å². The van der Waals surface area contributed by atoms with Crippen molar-refractivity contribution in [3.8, 4) is 0 Å². The van der Waals surface area contributed by atoms with Gasteiger partial charge >= 0.3 is 19.6 Å². The molecule has 0 aliphatic rings. The van der Waals surface area contributed by atoms with Crippen LogP contribution in [-0.4, -0.2) is 45.6 Å². The van der Waals surface area contributed by atoms with E-state index < -0.39 is 0 Å². The molecule has 0 heterocycles. The smallest absolute Gasteiger partial charge is 0.382 e. The lowest BCUT2D eigenvalue weighted by Crippen LogP contribution is -2.37. The monoisotopic (exact) mass is 180 g/mol. The number of hydrogen-bond acceptors (Lipinski definition) is 2. The zero-order valence-corrected chi connectivity index (χ0v) is 10.7. The molecule has 0 bridgehead atoms. The van der Waals surface area contributed by atoms with Crippen molar-refractivity contribution in [2.45, 2.75) is 10.8 Å². The van der Waals surface area contributed by atoms with Crippen LogP contribution >= 0.6 is 12.4 Å². The Bertz CT molecular complexity index is 61.3. The molecule has 0 aromatic carbocycles. The predicted octanol–water partition coefficient (Wildman–Crippen LogP) is -0.641. The first-order valence-corrected chi connectivity index (χ1v) is 9.15. The van der Waals surface area contributed by atoms with Gasteiger partial charge < -0.3 is 9.47 Å². The maximum Gasteiger partial charge on any atom is 0.443 e. The summed E-state index contributed by atoms with van der Waals surface area (Å²) in [4.78, 5) is 0. The third-order valence-corrected chi connectivity index (χ3v) is 7.22. The molecule has 0 atom stereocenters. The Labute approximate surface area is 74.3 Å². The topological polar surface area (TPSA) is 18.5 Å². The first-order valence-electron chi connectivity index (χ1n) is 2.79. The minimum atomic E-state index is -0.174. The molecule has 0 spiro atoms. The van der Waals surface area contributed by atoms with Crippen molar-refractivity contribution >= 4 is 39.9 Å². The Morgan fingerprint density at radius 1 is 1.33 bits per heavy atom. The second kappa shape index (κ2) is 5.94. The van der Waals surface area contributed by atoms with E-state index in [2.05, 4.69) is 0 Å². The molecule has 9 heavy (non-hydrogen) atoms. The van der Waals surface area contributed by atoms with E-state index in [0.29, 0.717) is 0 Å². The molecule has 0 N–H and O–H groups in total. The van der Waals surface area contributed by atoms with Crippen molar-refractivity contribution in [3.05, 3.63) is 0 Å². The van der Waals surface area contributed by atoms with Crippen molar-refractivity contribution in [1.29, 1.82) is 0 Å². The number of ether oxygens (including phenoxy) is 2. The van der Waals surface area contributed by atoms with Gasteiger partial charge in [0.15, 0.2) is 0 Å². The molecule has 0 unspecified atom stereocenters. The Balaban J connectivity index is 0. The molecule has 5 heteroatoms. The molecule has 0 aliphatic heterocycles. The highest BCUT2D eigenvalue weighted by Gasteiger charge is 2.20. The van der Waals surface area contributed by atoms with Crippen LogP contribution in [0.15, 0.2) is 0 Å². The van der Waals surface area contributed by atoms with E-state index in [1.165, 1.54) is 7.89 Å². The van der Waals surface area contributed by atoms with E-state index in [1.807, 2.05) is 6.92 Å². The minimum absolute atomic E-state index is 0. The van der Waals surface area contributed by atoms with Crippen LogP contribution in [0.25, 0.3) is 0 Å². The van der Waals surface area contributed by atoms with E-state index in [1.54, 1.807) is 14.2 Å². The fraction of sp³-hybridized carbons (Fsp3) is 1.00. The van der Waals surface area contributed by atoms with Gasteiger partial charge in [-0.25, -0.2) is 0 Å². The quantitative estimate of drug-likeness (QED) is 0.425. The molecule has 0 aliphatic carbocycles. The molecule has 0 rings (SSSR count). The van der Waals surface area contributed by atoms with Crippen LogP contribution in [-0.2, 0) is 9.47 Å². The predicted molar refractivity (Wildman–Crippen MR) is 45.4 cm³/mol. The lowest BCUT2D eigenvalue weighted by Gasteiger charge is -2.25. The molecule has 0 amide bonds. The van der Waals surface area contributed by atoms with Crippen molar-refractivity contribution in [2.24, 2.45) is 0 Å². The summed E-state index contributed by atoms with van der Waals surface area (Å²) in [6, 6.07) is 0. The molecule has 0 aromatic rings. The highest BCUT2D eigenvalue weighted by molar-refractivity contribution is 6.90. The number of methoxy groups -OCH3 is 2. The molecule has 0 fully saturated rings. The largest absolute Gasteiger partial charge is 0.443 e. The van der Waals surface area contributed by atoms with E-state index in [-0.39, 0.29) is 35.9 Å². The summed E-state index contributed by atoms with van der Waals surface area (Å²) in [5.74, 6) is 0. The summed E-state index contributed by atoms with van der Waals surface area (Å²) in [5, 5.41) is 0. The van der Waals surface area contributed by atoms with Crippen LogP contribution in [0.3, 0.4) is 0 Å². The van der Waals surface area contributed by atoms with Crippen LogP contribution in [0.4, 0.5) is 0 Å². The zero-order chi connectivity index (χ0) is 6.62. The summed E-state index contributed by atoms with van der Waals surface area (Å²) < 4.78 is 10.0. The van der Waals surface area contributed by atoms with Crippen molar-refractivity contribution in [3.63, 3.8) is 0 Å². The second-order valence-corrected chi connectivity index (χ2v) is 6.01. The number of hydrogen-bond donors (Lipinski definition) is 0. The minimum Gasteiger partial charge on any atom is -0.382 e. The number of rotatable bonds is 3. The summed E-state index contributed by atoms with van der Waals surface area (Å²) >= 11 is -0.0741. The van der Waals surface area contributed by atoms with Gasteiger partial charge in [0, 0.05) is 18.1 Å². The normalized spacial score (nSPS) is 10.1. The lowest BCUT2D eigenvalue weighted by atomic mass is 10.7. The average molecular weight is 181 g/mol. The fourth-order valence-electron chi connectivity index (χ4n) is 0.372. The average Bonchev–Trinajstić information content (AvgIpc) is 1.87. The third-order valence-electron chi connectivity index (χ3n) is 1.51. The van der Waals surface area contributed by atoms with Gasteiger partial charge in [-0.3, -0.25) is 0 Å². The summed E-state index contributed by atoms with van der Waals surface area (Å²) in [6.45, 7) is 2.01. The highest BCUT2D eigenvalue weighted by Crippen LogP contribution is 2.04. The summed E-state index contributed by atoms with van der Waals surface area (Å²) in [5.41, 5.74) is 0. The van der Waals surface area contributed by atoms with Crippen LogP contribution in [0.5, 0.6) is 0 Å². The van der Waals surface area contributed by atoms with Crippen molar-refractivity contribution in [1.82, 2.24) is 0 Å². The van der Waals surface area contributed by atoms with Crippen molar-refractivity contribution in [2.75, 3.05) is 14.2 Å². The van der Waals surface area contributed by atoms with Crippen LogP contribution in [0.2, 0.25) is 0 Å². The zero-order valence-electron chi connectivity index (χ0n) is 6.43. The maximum absolute atomic E-state index is 5.11. The first kappa shape index (κ1) is 12.8. The van der Waals surface area contributed by atoms with E-state index in [4.69, 9.17) is 9.47 Å². The van der Waals surface area contributed by atoms with E-state index in [0.717, 1.165) is 0 Å². The van der Waals surface area contributed by atoms with Gasteiger partial charge in [0.05, 0.1) is 0 Å². The standard InChI is InChI=1S/C4H9O2.ClH.Mg.H3Si/c1-4(5-2)6-3;;;/h1-3H3;1H;;1H3. The molecular formula is C4H13ClMgO2Si. The summed E-state index contributed by atoms with van der Waals surface area (Å²) in [6.07, 6.45) is 0. The van der Waals surface area contributed by atoms with Crippen molar-refractivity contribution < 1.29 is 9.47 Å². The molecule has 0 radical (unpaired) electrons. The maximum atomic E-state index is 5.11. The molecule has 0 saturated heterocycles. The van der Waals surface area contributed by atoms with Crippen LogP contribution in [0, 0.1) is 0 Å². The molecule has 2 nitrogen and oxygen atoms in total. The Morgan fingerprint density at radius 3 is 1.67 bits per heavy atom. The van der Waals surface area contributed by atoms with Gasteiger partial charge in [0.25, 0.3) is 0 Å². The van der Waals surface area contributed by atoms with Gasteiger partial charge in [-0.15, -0.1) is 12.4 Å². The molecular weight excluding hydrogens is 168 g/mol. The first-order chi connectivity index (χ1) is 3.68. The SMILES string of the molecule is CO[C](C)(OC)[Mg][SiH3].Cl. The molecule has 0 saturated carbocycles.